The summed E-state index contributed by atoms with van der Waals surface area (Å²) >= 11 is 0. The first-order chi connectivity index (χ1) is 14.7. The summed E-state index contributed by atoms with van der Waals surface area (Å²) in [6.45, 7) is 2.69. The molecule has 0 aliphatic carbocycles. The summed E-state index contributed by atoms with van der Waals surface area (Å²) in [6.07, 6.45) is 2.17. The van der Waals surface area contributed by atoms with Crippen LogP contribution in [0.15, 0.2) is 54.6 Å². The van der Waals surface area contributed by atoms with Crippen LogP contribution in [0, 0.1) is 5.21 Å². The molecule has 3 atom stereocenters. The molecule has 0 bridgehead atoms. The molecule has 0 amide bonds. The maximum atomic E-state index is 12.9. The van der Waals surface area contributed by atoms with Gasteiger partial charge in [0.25, 0.3) is 0 Å². The van der Waals surface area contributed by atoms with Crippen molar-refractivity contribution in [3.05, 3.63) is 70.9 Å². The van der Waals surface area contributed by atoms with E-state index in [1.54, 1.807) is 14.2 Å². The fourth-order valence-corrected chi connectivity index (χ4v) is 3.71. The Bertz CT molecular complexity index is 806. The molecular formula is C24H31NO5. The third kappa shape index (κ3) is 5.52. The topological polar surface area (TPSA) is 63.0 Å². The number of nitrogens with zero attached hydrogens (tertiary/aromatic N) is 1. The summed E-state index contributed by atoms with van der Waals surface area (Å²) in [7, 11) is 3.29. The molecular weight excluding hydrogens is 382 g/mol. The lowest BCUT2D eigenvalue weighted by Crippen LogP contribution is -2.38. The number of rotatable bonds is 10. The van der Waals surface area contributed by atoms with E-state index in [0.29, 0.717) is 30.1 Å². The molecule has 0 aromatic heterocycles. The quantitative estimate of drug-likeness (QED) is 0.406. The van der Waals surface area contributed by atoms with Gasteiger partial charge in [0.15, 0.2) is 6.29 Å². The molecule has 3 rings (SSSR count). The van der Waals surface area contributed by atoms with Crippen LogP contribution in [0.4, 0.5) is 0 Å². The maximum Gasteiger partial charge on any atom is 0.232 e. The van der Waals surface area contributed by atoms with Crippen molar-refractivity contribution in [3.63, 3.8) is 0 Å². The van der Waals surface area contributed by atoms with E-state index in [1.807, 2.05) is 54.6 Å². The van der Waals surface area contributed by atoms with Crippen molar-refractivity contribution < 1.29 is 24.0 Å². The molecule has 0 radical (unpaired) electrons. The van der Waals surface area contributed by atoms with Crippen LogP contribution in [0.2, 0.25) is 0 Å². The fraction of sp³-hybridized carbons (Fsp3) is 0.458. The third-order valence-electron chi connectivity index (χ3n) is 5.45. The molecule has 162 valence electrons. The molecule has 1 heterocycles. The van der Waals surface area contributed by atoms with Crippen LogP contribution >= 0.6 is 0 Å². The van der Waals surface area contributed by atoms with Crippen molar-refractivity contribution in [1.29, 1.82) is 0 Å². The van der Waals surface area contributed by atoms with E-state index in [4.69, 9.17) is 19.0 Å². The lowest BCUT2D eigenvalue weighted by atomic mass is 9.86. The van der Waals surface area contributed by atoms with E-state index >= 15 is 0 Å². The van der Waals surface area contributed by atoms with Gasteiger partial charge in [0.1, 0.15) is 5.75 Å². The monoisotopic (exact) mass is 413 g/mol. The van der Waals surface area contributed by atoms with Crippen molar-refractivity contribution in [2.45, 2.75) is 50.9 Å². The molecule has 0 unspecified atom stereocenters. The van der Waals surface area contributed by atoms with E-state index in [9.17, 15) is 5.21 Å². The Labute approximate surface area is 178 Å². The van der Waals surface area contributed by atoms with Gasteiger partial charge in [0, 0.05) is 25.0 Å². The minimum Gasteiger partial charge on any atom is -0.497 e. The molecule has 0 saturated heterocycles. The molecule has 0 saturated carbocycles. The Hall–Kier alpha value is -2.57. The van der Waals surface area contributed by atoms with Gasteiger partial charge in [-0.25, -0.2) is 0 Å². The Morgan fingerprint density at radius 1 is 1.10 bits per heavy atom. The van der Waals surface area contributed by atoms with Crippen molar-refractivity contribution >= 4 is 5.71 Å². The van der Waals surface area contributed by atoms with Crippen LogP contribution in [0.25, 0.3) is 0 Å². The van der Waals surface area contributed by atoms with Gasteiger partial charge in [-0.3, -0.25) is 5.21 Å². The number of hydrogen-bond acceptors (Lipinski definition) is 5. The van der Waals surface area contributed by atoms with Crippen molar-refractivity contribution in [1.82, 2.24) is 0 Å². The van der Waals surface area contributed by atoms with Crippen molar-refractivity contribution in [3.8, 4) is 5.75 Å². The molecule has 6 heteroatoms. The molecule has 0 fully saturated rings. The first-order valence-corrected chi connectivity index (χ1v) is 10.5. The average Bonchev–Trinajstić information content (AvgIpc) is 2.79. The second kappa shape index (κ2) is 11.0. The molecule has 2 aromatic rings. The highest BCUT2D eigenvalue weighted by Gasteiger charge is 2.37. The van der Waals surface area contributed by atoms with Gasteiger partial charge < -0.3 is 19.0 Å². The summed E-state index contributed by atoms with van der Waals surface area (Å²) in [5.74, 6) is 0.682. The number of ether oxygens (including phenoxy) is 3. The van der Waals surface area contributed by atoms with Crippen LogP contribution in [-0.4, -0.2) is 37.7 Å². The predicted molar refractivity (Wildman–Crippen MR) is 116 cm³/mol. The summed E-state index contributed by atoms with van der Waals surface area (Å²) in [5.41, 5.74) is 2.69. The van der Waals surface area contributed by atoms with E-state index in [-0.39, 0.29) is 12.0 Å². The van der Waals surface area contributed by atoms with Crippen LogP contribution in [0.1, 0.15) is 55.8 Å². The van der Waals surface area contributed by atoms with Gasteiger partial charge in [-0.15, -0.1) is 0 Å². The second-order valence-corrected chi connectivity index (χ2v) is 7.41. The fourth-order valence-electron chi connectivity index (χ4n) is 3.71. The highest BCUT2D eigenvalue weighted by molar-refractivity contribution is 5.87. The van der Waals surface area contributed by atoms with Crippen LogP contribution in [0.3, 0.4) is 0 Å². The summed E-state index contributed by atoms with van der Waals surface area (Å²) in [4.78, 5) is 6.20. The van der Waals surface area contributed by atoms with Gasteiger partial charge in [-0.1, -0.05) is 55.8 Å². The first kappa shape index (κ1) is 22.1. The normalized spacial score (nSPS) is 20.0. The summed E-state index contributed by atoms with van der Waals surface area (Å²) in [6, 6.07) is 17.7. The lowest BCUT2D eigenvalue weighted by molar-refractivity contribution is -0.772. The number of benzene rings is 2. The molecule has 6 nitrogen and oxygen atoms in total. The average molecular weight is 414 g/mol. The highest BCUT2D eigenvalue weighted by Crippen LogP contribution is 2.34. The van der Waals surface area contributed by atoms with Crippen molar-refractivity contribution in [2.75, 3.05) is 20.8 Å². The molecule has 2 aromatic carbocycles. The van der Waals surface area contributed by atoms with E-state index in [2.05, 4.69) is 6.92 Å². The third-order valence-corrected chi connectivity index (χ3v) is 5.45. The highest BCUT2D eigenvalue weighted by atomic mass is 16.9. The van der Waals surface area contributed by atoms with Crippen LogP contribution in [0.5, 0.6) is 5.75 Å². The Kier molecular flexibility index (Phi) is 8.11. The van der Waals surface area contributed by atoms with E-state index < -0.39 is 6.29 Å². The second-order valence-electron chi connectivity index (χ2n) is 7.41. The molecule has 0 N–H and O–H groups in total. The Balaban J connectivity index is 1.84. The smallest absolute Gasteiger partial charge is 0.232 e. The zero-order valence-corrected chi connectivity index (χ0v) is 18.0. The lowest BCUT2D eigenvalue weighted by Gasteiger charge is -2.31. The number of unbranched alkanes of at least 4 members (excludes halogenated alkanes) is 1. The Morgan fingerprint density at radius 3 is 2.47 bits per heavy atom. The van der Waals surface area contributed by atoms with Gasteiger partial charge in [0.05, 0.1) is 25.6 Å². The van der Waals surface area contributed by atoms with Gasteiger partial charge in [-0.2, -0.15) is 0 Å². The van der Waals surface area contributed by atoms with Crippen LogP contribution in [-0.2, 0) is 14.3 Å². The van der Waals surface area contributed by atoms with Crippen LogP contribution < -0.4 is 4.74 Å². The molecule has 1 aliphatic heterocycles. The van der Waals surface area contributed by atoms with E-state index in [0.717, 1.165) is 29.7 Å². The minimum absolute atomic E-state index is 0.0972. The zero-order valence-electron chi connectivity index (χ0n) is 18.0. The SMILES string of the molecule is CCCCO[C@H]1C[C@H](c2ccccc2)C(C[C@@H](OC)c2ccc(OC)cc2)=[N+]([O-])O1. The largest absolute Gasteiger partial charge is 0.497 e. The van der Waals surface area contributed by atoms with Gasteiger partial charge in [0.2, 0.25) is 5.71 Å². The number of hydrogen-bond donors (Lipinski definition) is 0. The minimum atomic E-state index is -0.551. The molecule has 30 heavy (non-hydrogen) atoms. The summed E-state index contributed by atoms with van der Waals surface area (Å²) in [5, 5.41) is 12.9. The summed E-state index contributed by atoms with van der Waals surface area (Å²) < 4.78 is 16.8. The van der Waals surface area contributed by atoms with E-state index in [1.165, 1.54) is 0 Å². The first-order valence-electron chi connectivity index (χ1n) is 10.5. The maximum absolute atomic E-state index is 12.9. The van der Waals surface area contributed by atoms with Crippen molar-refractivity contribution in [2.24, 2.45) is 0 Å². The Morgan fingerprint density at radius 2 is 1.83 bits per heavy atom. The zero-order chi connectivity index (χ0) is 21.3. The number of methoxy groups -OCH3 is 2. The standard InChI is InChI=1S/C24H31NO5/c1-4-5-15-29-24-16-21(18-9-7-6-8-10-18)22(25(26)30-24)17-23(28-3)19-11-13-20(27-2)14-12-19/h6-14,21,23-24H,4-5,15-17H2,1-3H3/t21-,23-,24-/m1/s1. The van der Waals surface area contributed by atoms with Gasteiger partial charge >= 0.3 is 0 Å². The van der Waals surface area contributed by atoms with Gasteiger partial charge in [-0.05, 0) is 29.7 Å². The molecule has 1 aliphatic rings. The molecule has 0 spiro atoms. The predicted octanol–water partition coefficient (Wildman–Crippen LogP) is 4.99.